The zero-order chi connectivity index (χ0) is 28.7. The van der Waals surface area contributed by atoms with E-state index < -0.39 is 23.7 Å². The molecule has 1 aliphatic rings. The maximum absolute atomic E-state index is 13.8. The van der Waals surface area contributed by atoms with Crippen molar-refractivity contribution in [3.63, 3.8) is 0 Å². The molecule has 1 atom stereocenters. The van der Waals surface area contributed by atoms with Gasteiger partial charge < -0.3 is 15.0 Å². The summed E-state index contributed by atoms with van der Waals surface area (Å²) in [6.07, 6.45) is 0.607. The largest absolute Gasteiger partial charge is 0.418 e. The molecule has 1 aliphatic carbocycles. The Morgan fingerprint density at radius 2 is 1.88 bits per heavy atom. The summed E-state index contributed by atoms with van der Waals surface area (Å²) in [5, 5.41) is 7.09. The topological polar surface area (TPSA) is 102 Å². The number of ether oxygens (including phenoxy) is 1. The van der Waals surface area contributed by atoms with Gasteiger partial charge in [0.1, 0.15) is 11.7 Å². The first-order valence-electron chi connectivity index (χ1n) is 13.3. The smallest absolute Gasteiger partial charge is 0.383 e. The fourth-order valence-corrected chi connectivity index (χ4v) is 4.84. The zero-order valence-electron chi connectivity index (χ0n) is 22.5. The number of nitrogens with zero attached hydrogens (tertiary/aromatic N) is 5. The molecule has 0 aliphatic heterocycles. The number of amides is 2. The predicted molar refractivity (Wildman–Crippen MR) is 141 cm³/mol. The summed E-state index contributed by atoms with van der Waals surface area (Å²) in [5.41, 5.74) is -0.344. The van der Waals surface area contributed by atoms with E-state index in [0.717, 1.165) is 24.5 Å². The number of hydrogen-bond donors (Lipinski definition) is 1. The molecule has 1 N–H and O–H groups in total. The van der Waals surface area contributed by atoms with Crippen LogP contribution in [0.5, 0.6) is 0 Å². The lowest BCUT2D eigenvalue weighted by Gasteiger charge is -2.24. The van der Waals surface area contributed by atoms with E-state index in [1.165, 1.54) is 29.0 Å². The summed E-state index contributed by atoms with van der Waals surface area (Å²) in [5.74, 6) is -1.48. The third-order valence-electron chi connectivity index (χ3n) is 7.00. The van der Waals surface area contributed by atoms with Crippen LogP contribution in [0.25, 0.3) is 11.5 Å². The lowest BCUT2D eigenvalue weighted by Crippen LogP contribution is -2.48. The highest BCUT2D eigenvalue weighted by Crippen LogP contribution is 2.38. The maximum atomic E-state index is 13.8. The van der Waals surface area contributed by atoms with Gasteiger partial charge in [0, 0.05) is 26.9 Å². The third-order valence-corrected chi connectivity index (χ3v) is 7.00. The minimum atomic E-state index is -4.67. The Bertz CT molecular complexity index is 1290. The van der Waals surface area contributed by atoms with Gasteiger partial charge in [0.25, 0.3) is 5.91 Å². The van der Waals surface area contributed by atoms with Crippen LogP contribution in [-0.2, 0) is 22.1 Å². The molecule has 0 saturated heterocycles. The molecule has 0 radical (unpaired) electrons. The Morgan fingerprint density at radius 1 is 1.15 bits per heavy atom. The first-order valence-corrected chi connectivity index (χ1v) is 13.3. The van der Waals surface area contributed by atoms with Crippen LogP contribution in [0.3, 0.4) is 0 Å². The number of halogens is 3. The molecular formula is C28H33F3N6O3. The number of alkyl halides is 3. The fraction of sp³-hybridized carbons (Fsp3) is 0.464. The maximum Gasteiger partial charge on any atom is 0.418 e. The van der Waals surface area contributed by atoms with E-state index in [-0.39, 0.29) is 29.3 Å². The number of nitrogens with one attached hydrogen (secondary N) is 1. The number of likely N-dealkylation sites (N-methyl/N-ethyl adjacent to an activating group) is 1. The second-order valence-corrected chi connectivity index (χ2v) is 9.84. The zero-order valence-corrected chi connectivity index (χ0v) is 22.5. The number of carbonyl (C=O) groups is 2. The summed E-state index contributed by atoms with van der Waals surface area (Å²) in [7, 11) is 3.15. The van der Waals surface area contributed by atoms with E-state index in [4.69, 9.17) is 4.74 Å². The van der Waals surface area contributed by atoms with Gasteiger partial charge in [-0.2, -0.15) is 13.2 Å². The third kappa shape index (κ3) is 7.04. The number of aryl methyl sites for hydroxylation is 1. The lowest BCUT2D eigenvalue weighted by atomic mass is 10.0. The van der Waals surface area contributed by atoms with Gasteiger partial charge in [-0.1, -0.05) is 43.2 Å². The molecule has 0 spiro atoms. The Hall–Kier alpha value is -3.80. The highest BCUT2D eigenvalue weighted by atomic mass is 19.4. The molecule has 1 saturated carbocycles. The van der Waals surface area contributed by atoms with Crippen LogP contribution in [0.1, 0.15) is 59.9 Å². The van der Waals surface area contributed by atoms with Crippen molar-refractivity contribution in [3.8, 4) is 11.5 Å². The summed E-state index contributed by atoms with van der Waals surface area (Å²) < 4.78 is 48.0. The number of carbonyl (C=O) groups excluding carboxylic acids is 2. The molecule has 2 heterocycles. The average molecular weight is 559 g/mol. The Morgan fingerprint density at radius 3 is 2.55 bits per heavy atom. The molecule has 214 valence electrons. The van der Waals surface area contributed by atoms with E-state index in [1.807, 2.05) is 30.3 Å². The van der Waals surface area contributed by atoms with Gasteiger partial charge in [0.15, 0.2) is 5.82 Å². The Balaban J connectivity index is 1.64. The van der Waals surface area contributed by atoms with Crippen molar-refractivity contribution in [1.29, 1.82) is 0 Å². The molecule has 12 heteroatoms. The van der Waals surface area contributed by atoms with Crippen molar-refractivity contribution in [2.45, 2.75) is 56.8 Å². The van der Waals surface area contributed by atoms with Crippen molar-refractivity contribution < 1.29 is 27.5 Å². The van der Waals surface area contributed by atoms with Gasteiger partial charge in [-0.15, -0.1) is 5.10 Å². The van der Waals surface area contributed by atoms with Gasteiger partial charge in [0.2, 0.25) is 11.7 Å². The van der Waals surface area contributed by atoms with E-state index >= 15 is 0 Å². The van der Waals surface area contributed by atoms with Gasteiger partial charge >= 0.3 is 6.18 Å². The summed E-state index contributed by atoms with van der Waals surface area (Å²) >= 11 is 0. The monoisotopic (exact) mass is 558 g/mol. The summed E-state index contributed by atoms with van der Waals surface area (Å²) in [6, 6.07) is 10.6. The number of pyridine rings is 1. The second kappa shape index (κ2) is 13.0. The second-order valence-electron chi connectivity index (χ2n) is 9.84. The predicted octanol–water partition coefficient (Wildman–Crippen LogP) is 4.31. The Kier molecular flexibility index (Phi) is 9.51. The molecule has 2 amide bonds. The molecule has 2 aromatic heterocycles. The van der Waals surface area contributed by atoms with Crippen LogP contribution < -0.4 is 5.32 Å². The summed E-state index contributed by atoms with van der Waals surface area (Å²) in [4.78, 5) is 36.4. The number of hydrogen-bond acceptors (Lipinski definition) is 6. The van der Waals surface area contributed by atoms with Crippen LogP contribution in [-0.4, -0.2) is 69.8 Å². The first-order chi connectivity index (χ1) is 19.2. The number of aromatic nitrogens is 4. The molecular weight excluding hydrogens is 525 g/mol. The highest BCUT2D eigenvalue weighted by Gasteiger charge is 2.37. The Labute approximate surface area is 230 Å². The van der Waals surface area contributed by atoms with Crippen molar-refractivity contribution in [2.24, 2.45) is 0 Å². The lowest BCUT2D eigenvalue weighted by molar-refractivity contribution is -0.137. The van der Waals surface area contributed by atoms with Crippen LogP contribution in [0.4, 0.5) is 13.2 Å². The van der Waals surface area contributed by atoms with Crippen LogP contribution in [0.2, 0.25) is 0 Å². The quantitative estimate of drug-likeness (QED) is 0.376. The van der Waals surface area contributed by atoms with E-state index in [0.29, 0.717) is 38.8 Å². The normalized spacial score (nSPS) is 14.7. The molecule has 9 nitrogen and oxygen atoms in total. The average Bonchev–Trinajstić information content (AvgIpc) is 3.64. The molecule has 1 fully saturated rings. The van der Waals surface area contributed by atoms with Gasteiger partial charge in [-0.3, -0.25) is 14.6 Å². The van der Waals surface area contributed by atoms with Gasteiger partial charge in [-0.25, -0.2) is 9.67 Å². The molecule has 0 bridgehead atoms. The van der Waals surface area contributed by atoms with Crippen LogP contribution >= 0.6 is 0 Å². The van der Waals surface area contributed by atoms with Crippen molar-refractivity contribution in [3.05, 3.63) is 65.6 Å². The highest BCUT2D eigenvalue weighted by molar-refractivity contribution is 5.95. The first kappa shape index (κ1) is 29.2. The van der Waals surface area contributed by atoms with Gasteiger partial charge in [0.05, 0.1) is 18.2 Å². The standard InChI is InChI=1S/C28H33F3N6O3/c1-36(17-18-40-2)27(39)22(15-14-19-9-4-3-5-10-19)33-26(38)24-34-25(37(35-24)20-11-6-7-12-20)23-21(28(29,30)31)13-8-16-32-23/h3-5,8-10,13,16,20,22H,6-7,11-12,14-15,17-18H2,1-2H3,(H,33,38). The van der Waals surface area contributed by atoms with E-state index in [1.54, 1.807) is 7.05 Å². The summed E-state index contributed by atoms with van der Waals surface area (Å²) in [6.45, 7) is 0.648. The molecule has 4 rings (SSSR count). The van der Waals surface area contributed by atoms with Crippen molar-refractivity contribution >= 4 is 11.8 Å². The SMILES string of the molecule is COCCN(C)C(=O)C(CCc1ccccc1)NC(=O)c1nc(-c2ncccc2C(F)(F)F)n(C2CCCC2)n1. The van der Waals surface area contributed by atoms with Crippen molar-refractivity contribution in [1.82, 2.24) is 30.0 Å². The van der Waals surface area contributed by atoms with E-state index in [2.05, 4.69) is 20.4 Å². The van der Waals surface area contributed by atoms with E-state index in [9.17, 15) is 22.8 Å². The van der Waals surface area contributed by atoms with Crippen LogP contribution in [0, 0.1) is 0 Å². The fourth-order valence-electron chi connectivity index (χ4n) is 4.84. The molecule has 40 heavy (non-hydrogen) atoms. The number of benzene rings is 1. The molecule has 3 aromatic rings. The molecule has 1 unspecified atom stereocenters. The number of rotatable bonds is 11. The number of methoxy groups -OCH3 is 1. The van der Waals surface area contributed by atoms with Gasteiger partial charge in [-0.05, 0) is 43.4 Å². The minimum Gasteiger partial charge on any atom is -0.383 e. The molecule has 1 aromatic carbocycles. The van der Waals surface area contributed by atoms with Crippen molar-refractivity contribution in [2.75, 3.05) is 27.3 Å². The van der Waals surface area contributed by atoms with Crippen LogP contribution in [0.15, 0.2) is 48.7 Å². The minimum absolute atomic E-state index is 0.116.